The van der Waals surface area contributed by atoms with Gasteiger partial charge in [-0.05, 0) is 24.2 Å². The highest BCUT2D eigenvalue weighted by Gasteiger charge is 2.21. The highest BCUT2D eigenvalue weighted by atomic mass is 15.2. The molecular weight excluding hydrogens is 210 g/mol. The van der Waals surface area contributed by atoms with Crippen LogP contribution in [-0.2, 0) is 0 Å². The maximum absolute atomic E-state index is 3.48. The van der Waals surface area contributed by atoms with Crippen molar-refractivity contribution in [2.75, 3.05) is 45.2 Å². The minimum absolute atomic E-state index is 0.532. The molecule has 0 aliphatic carbocycles. The molecule has 0 radical (unpaired) electrons. The van der Waals surface area contributed by atoms with Gasteiger partial charge < -0.3 is 10.2 Å². The molecule has 1 aromatic carbocycles. The molecule has 1 atom stereocenters. The summed E-state index contributed by atoms with van der Waals surface area (Å²) in [5.74, 6) is 0. The van der Waals surface area contributed by atoms with Gasteiger partial charge in [-0.15, -0.1) is 0 Å². The van der Waals surface area contributed by atoms with E-state index in [1.54, 1.807) is 0 Å². The summed E-state index contributed by atoms with van der Waals surface area (Å²) >= 11 is 0. The molecule has 3 nitrogen and oxygen atoms in total. The number of anilines is 1. The summed E-state index contributed by atoms with van der Waals surface area (Å²) in [5.41, 5.74) is 2.69. The third-order valence-corrected chi connectivity index (χ3v) is 3.55. The Bertz CT molecular complexity index is 345. The Balaban J connectivity index is 2.15. The second-order valence-corrected chi connectivity index (χ2v) is 4.83. The number of nitrogens with one attached hydrogen (secondary N) is 1. The van der Waals surface area contributed by atoms with E-state index in [1.165, 1.54) is 11.3 Å². The molecule has 0 spiro atoms. The Kier molecular flexibility index (Phi) is 4.02. The molecule has 1 heterocycles. The quantitative estimate of drug-likeness (QED) is 0.857. The number of hydrogen-bond donors (Lipinski definition) is 1. The van der Waals surface area contributed by atoms with Gasteiger partial charge in [-0.3, -0.25) is 4.90 Å². The summed E-state index contributed by atoms with van der Waals surface area (Å²) in [4.78, 5) is 4.68. The van der Waals surface area contributed by atoms with Gasteiger partial charge in [-0.2, -0.15) is 0 Å². The Labute approximate surface area is 104 Å². The number of hydrogen-bond acceptors (Lipinski definition) is 3. The van der Waals surface area contributed by atoms with Crippen LogP contribution in [0.2, 0.25) is 0 Å². The molecule has 2 rings (SSSR count). The lowest BCUT2D eigenvalue weighted by molar-refractivity contribution is 0.171. The van der Waals surface area contributed by atoms with Crippen LogP contribution < -0.4 is 10.2 Å². The van der Waals surface area contributed by atoms with Crippen molar-refractivity contribution in [1.82, 2.24) is 10.2 Å². The van der Waals surface area contributed by atoms with Crippen LogP contribution in [0, 0.1) is 0 Å². The molecule has 0 aromatic heterocycles. The first-order valence-corrected chi connectivity index (χ1v) is 6.44. The van der Waals surface area contributed by atoms with Crippen molar-refractivity contribution in [3.8, 4) is 0 Å². The average molecular weight is 233 g/mol. The maximum atomic E-state index is 3.48. The second kappa shape index (κ2) is 5.52. The minimum Gasteiger partial charge on any atom is -0.378 e. The Morgan fingerprint density at radius 2 is 2.00 bits per heavy atom. The first kappa shape index (κ1) is 12.4. The highest BCUT2D eigenvalue weighted by Crippen LogP contribution is 2.23. The van der Waals surface area contributed by atoms with Crippen LogP contribution in [-0.4, -0.2) is 45.2 Å². The molecule has 1 saturated heterocycles. The van der Waals surface area contributed by atoms with E-state index in [4.69, 9.17) is 0 Å². The van der Waals surface area contributed by atoms with E-state index in [9.17, 15) is 0 Å². The van der Waals surface area contributed by atoms with Crippen molar-refractivity contribution >= 4 is 5.69 Å². The Morgan fingerprint density at radius 3 is 2.59 bits per heavy atom. The fourth-order valence-electron chi connectivity index (χ4n) is 2.45. The molecule has 94 valence electrons. The topological polar surface area (TPSA) is 18.5 Å². The fourth-order valence-corrected chi connectivity index (χ4v) is 2.45. The van der Waals surface area contributed by atoms with Crippen molar-refractivity contribution in [2.45, 2.75) is 13.0 Å². The summed E-state index contributed by atoms with van der Waals surface area (Å²) in [5, 5.41) is 3.48. The maximum Gasteiger partial charge on any atom is 0.0473 e. The van der Waals surface area contributed by atoms with Gasteiger partial charge in [-0.1, -0.05) is 19.1 Å². The Morgan fingerprint density at radius 1 is 1.29 bits per heavy atom. The lowest BCUT2D eigenvalue weighted by Crippen LogP contribution is -2.45. The molecule has 0 bridgehead atoms. The summed E-state index contributed by atoms with van der Waals surface area (Å²) in [6, 6.07) is 9.46. The van der Waals surface area contributed by atoms with Gasteiger partial charge in [0, 0.05) is 45.5 Å². The molecule has 1 N–H and O–H groups in total. The zero-order valence-corrected chi connectivity index (χ0v) is 11.1. The van der Waals surface area contributed by atoms with Crippen LogP contribution in [0.3, 0.4) is 0 Å². The van der Waals surface area contributed by atoms with Gasteiger partial charge in [0.1, 0.15) is 0 Å². The summed E-state index contributed by atoms with van der Waals surface area (Å²) in [6.07, 6.45) is 0. The highest BCUT2D eigenvalue weighted by molar-refractivity contribution is 5.46. The van der Waals surface area contributed by atoms with E-state index in [1.807, 2.05) is 0 Å². The SMILES string of the molecule is CCN1CCNCC1c1ccc(N(C)C)cc1. The molecule has 0 amide bonds. The first-order chi connectivity index (χ1) is 8.22. The monoisotopic (exact) mass is 233 g/mol. The molecular formula is C14H23N3. The summed E-state index contributed by atoms with van der Waals surface area (Å²) < 4.78 is 0. The van der Waals surface area contributed by atoms with Crippen molar-refractivity contribution in [3.05, 3.63) is 29.8 Å². The van der Waals surface area contributed by atoms with Gasteiger partial charge in [0.25, 0.3) is 0 Å². The third-order valence-electron chi connectivity index (χ3n) is 3.55. The fraction of sp³-hybridized carbons (Fsp3) is 0.571. The molecule has 1 aliphatic rings. The largest absolute Gasteiger partial charge is 0.378 e. The van der Waals surface area contributed by atoms with Crippen molar-refractivity contribution < 1.29 is 0 Å². The van der Waals surface area contributed by atoms with Crippen LogP contribution >= 0.6 is 0 Å². The van der Waals surface area contributed by atoms with Gasteiger partial charge in [0.15, 0.2) is 0 Å². The van der Waals surface area contributed by atoms with E-state index >= 15 is 0 Å². The predicted molar refractivity (Wildman–Crippen MR) is 73.6 cm³/mol. The van der Waals surface area contributed by atoms with Crippen LogP contribution in [0.1, 0.15) is 18.5 Å². The van der Waals surface area contributed by atoms with Crippen molar-refractivity contribution in [3.63, 3.8) is 0 Å². The summed E-state index contributed by atoms with van der Waals surface area (Å²) in [6.45, 7) is 6.69. The van der Waals surface area contributed by atoms with E-state index < -0.39 is 0 Å². The second-order valence-electron chi connectivity index (χ2n) is 4.83. The van der Waals surface area contributed by atoms with Gasteiger partial charge >= 0.3 is 0 Å². The van der Waals surface area contributed by atoms with Crippen LogP contribution in [0.15, 0.2) is 24.3 Å². The molecule has 1 unspecified atom stereocenters. The third kappa shape index (κ3) is 2.79. The lowest BCUT2D eigenvalue weighted by atomic mass is 10.0. The standard InChI is InChI=1S/C14H23N3/c1-4-17-10-9-15-11-14(17)12-5-7-13(8-6-12)16(2)3/h5-8,14-15H,4,9-11H2,1-3H3. The molecule has 1 fully saturated rings. The van der Waals surface area contributed by atoms with E-state index in [2.05, 4.69) is 60.4 Å². The Hall–Kier alpha value is -1.06. The summed E-state index contributed by atoms with van der Waals surface area (Å²) in [7, 11) is 4.16. The van der Waals surface area contributed by atoms with Gasteiger partial charge in [-0.25, -0.2) is 0 Å². The van der Waals surface area contributed by atoms with E-state index in [0.29, 0.717) is 6.04 Å². The zero-order valence-electron chi connectivity index (χ0n) is 11.1. The number of likely N-dealkylation sites (N-methyl/N-ethyl adjacent to an activating group) is 1. The lowest BCUT2D eigenvalue weighted by Gasteiger charge is -2.35. The number of rotatable bonds is 3. The number of nitrogens with zero attached hydrogens (tertiary/aromatic N) is 2. The van der Waals surface area contributed by atoms with Gasteiger partial charge in [0.2, 0.25) is 0 Å². The van der Waals surface area contributed by atoms with Crippen molar-refractivity contribution in [2.24, 2.45) is 0 Å². The van der Waals surface area contributed by atoms with Crippen LogP contribution in [0.25, 0.3) is 0 Å². The molecule has 17 heavy (non-hydrogen) atoms. The van der Waals surface area contributed by atoms with E-state index in [0.717, 1.165) is 26.2 Å². The molecule has 0 saturated carbocycles. The van der Waals surface area contributed by atoms with Crippen LogP contribution in [0.4, 0.5) is 5.69 Å². The molecule has 3 heteroatoms. The average Bonchev–Trinajstić information content (AvgIpc) is 2.39. The predicted octanol–water partition coefficient (Wildman–Crippen LogP) is 1.72. The normalized spacial score (nSPS) is 21.5. The molecule has 1 aromatic rings. The zero-order chi connectivity index (χ0) is 12.3. The number of benzene rings is 1. The molecule has 1 aliphatic heterocycles. The van der Waals surface area contributed by atoms with E-state index in [-0.39, 0.29) is 0 Å². The van der Waals surface area contributed by atoms with Crippen molar-refractivity contribution in [1.29, 1.82) is 0 Å². The van der Waals surface area contributed by atoms with Gasteiger partial charge in [0.05, 0.1) is 0 Å². The minimum atomic E-state index is 0.532. The van der Waals surface area contributed by atoms with Crippen LogP contribution in [0.5, 0.6) is 0 Å². The number of piperazine rings is 1. The smallest absolute Gasteiger partial charge is 0.0473 e. The first-order valence-electron chi connectivity index (χ1n) is 6.44.